The Morgan fingerprint density at radius 1 is 1.33 bits per heavy atom. The fourth-order valence-corrected chi connectivity index (χ4v) is 5.14. The molecule has 0 saturated heterocycles. The summed E-state index contributed by atoms with van der Waals surface area (Å²) in [6.07, 6.45) is 1.92. The summed E-state index contributed by atoms with van der Waals surface area (Å²) in [6.45, 7) is 0.304. The summed E-state index contributed by atoms with van der Waals surface area (Å²) in [7, 11) is 1.65. The van der Waals surface area contributed by atoms with Gasteiger partial charge in [-0.15, -0.1) is 11.3 Å². The van der Waals surface area contributed by atoms with E-state index in [1.165, 1.54) is 11.3 Å². The van der Waals surface area contributed by atoms with Crippen molar-refractivity contribution >= 4 is 59.9 Å². The van der Waals surface area contributed by atoms with Crippen LogP contribution in [-0.4, -0.2) is 17.5 Å². The van der Waals surface area contributed by atoms with Crippen molar-refractivity contribution in [2.45, 2.75) is 6.54 Å². The van der Waals surface area contributed by atoms with Crippen LogP contribution in [-0.2, 0) is 6.54 Å². The standard InChI is InChI=1S/C15H11Br2NO2S/c1-20-13-4-2-3-11-9(13)5-6-18(11)8-12(19)10-7-14(16)21-15(10)17/h2-7H,8H2,1H3. The van der Waals surface area contributed by atoms with Crippen LogP contribution in [0, 0.1) is 0 Å². The fourth-order valence-electron chi connectivity index (χ4n) is 2.28. The number of benzene rings is 1. The molecule has 3 rings (SSSR count). The second kappa shape index (κ2) is 5.94. The number of ether oxygens (including phenoxy) is 1. The number of halogens is 2. The Balaban J connectivity index is 1.95. The van der Waals surface area contributed by atoms with Crippen LogP contribution in [0.4, 0.5) is 0 Å². The average Bonchev–Trinajstić information content (AvgIpc) is 3.02. The fraction of sp³-hybridized carbons (Fsp3) is 0.133. The van der Waals surface area contributed by atoms with E-state index in [0.29, 0.717) is 12.1 Å². The van der Waals surface area contributed by atoms with Crippen LogP contribution in [0.25, 0.3) is 10.9 Å². The number of hydrogen-bond donors (Lipinski definition) is 0. The Morgan fingerprint density at radius 3 is 2.81 bits per heavy atom. The van der Waals surface area contributed by atoms with Crippen LogP contribution < -0.4 is 4.74 Å². The summed E-state index contributed by atoms with van der Waals surface area (Å²) >= 11 is 8.34. The predicted molar refractivity (Wildman–Crippen MR) is 92.5 cm³/mol. The van der Waals surface area contributed by atoms with E-state index in [2.05, 4.69) is 31.9 Å². The molecule has 0 fully saturated rings. The molecule has 3 aromatic rings. The monoisotopic (exact) mass is 427 g/mol. The smallest absolute Gasteiger partial charge is 0.184 e. The van der Waals surface area contributed by atoms with E-state index in [0.717, 1.165) is 24.2 Å². The maximum Gasteiger partial charge on any atom is 0.184 e. The van der Waals surface area contributed by atoms with Crippen molar-refractivity contribution in [1.82, 2.24) is 4.57 Å². The van der Waals surface area contributed by atoms with E-state index in [4.69, 9.17) is 4.74 Å². The highest BCUT2D eigenvalue weighted by Gasteiger charge is 2.15. The summed E-state index contributed by atoms with van der Waals surface area (Å²) in [4.78, 5) is 12.4. The van der Waals surface area contributed by atoms with Gasteiger partial charge in [0.15, 0.2) is 5.78 Å². The van der Waals surface area contributed by atoms with Gasteiger partial charge in [0.05, 0.1) is 26.7 Å². The quantitative estimate of drug-likeness (QED) is 0.540. The molecule has 0 atom stereocenters. The molecule has 0 amide bonds. The molecule has 21 heavy (non-hydrogen) atoms. The third-order valence-electron chi connectivity index (χ3n) is 3.26. The molecular formula is C15H11Br2NO2S. The molecule has 0 aliphatic heterocycles. The van der Waals surface area contributed by atoms with Crippen LogP contribution in [0.1, 0.15) is 10.4 Å². The summed E-state index contributed by atoms with van der Waals surface area (Å²) in [5.41, 5.74) is 1.70. The van der Waals surface area contributed by atoms with Gasteiger partial charge in [0, 0.05) is 17.1 Å². The zero-order valence-corrected chi connectivity index (χ0v) is 15.1. The van der Waals surface area contributed by atoms with Crippen molar-refractivity contribution in [3.8, 4) is 5.75 Å². The van der Waals surface area contributed by atoms with Gasteiger partial charge >= 0.3 is 0 Å². The maximum atomic E-state index is 12.4. The number of carbonyl (C=O) groups is 1. The third kappa shape index (κ3) is 2.80. The van der Waals surface area contributed by atoms with Crippen molar-refractivity contribution in [3.05, 3.63) is 49.7 Å². The zero-order valence-electron chi connectivity index (χ0n) is 11.1. The number of Topliss-reactive ketones (excluding diaryl/α,β-unsaturated/α-hetero) is 1. The minimum Gasteiger partial charge on any atom is -0.496 e. The lowest BCUT2D eigenvalue weighted by Gasteiger charge is -2.06. The van der Waals surface area contributed by atoms with Gasteiger partial charge in [0.25, 0.3) is 0 Å². The lowest BCUT2D eigenvalue weighted by Crippen LogP contribution is -2.09. The molecule has 0 unspecified atom stereocenters. The molecule has 3 nitrogen and oxygen atoms in total. The SMILES string of the molecule is COc1cccc2c1ccn2CC(=O)c1cc(Br)sc1Br. The number of carbonyl (C=O) groups excluding carboxylic acids is 1. The number of ketones is 1. The molecule has 0 aliphatic carbocycles. The predicted octanol–water partition coefficient (Wildman–Crippen LogP) is 5.12. The lowest BCUT2D eigenvalue weighted by atomic mass is 10.2. The molecule has 0 bridgehead atoms. The second-order valence-corrected chi connectivity index (χ2v) is 8.25. The first-order valence-electron chi connectivity index (χ1n) is 6.20. The van der Waals surface area contributed by atoms with E-state index >= 15 is 0 Å². The molecule has 6 heteroatoms. The first-order valence-corrected chi connectivity index (χ1v) is 8.60. The molecule has 1 aromatic carbocycles. The van der Waals surface area contributed by atoms with E-state index in [1.807, 2.05) is 41.1 Å². The molecule has 2 aromatic heterocycles. The topological polar surface area (TPSA) is 31.2 Å². The second-order valence-electron chi connectivity index (χ2n) is 4.50. The molecule has 0 saturated carbocycles. The van der Waals surface area contributed by atoms with Gasteiger partial charge in [0.2, 0.25) is 0 Å². The van der Waals surface area contributed by atoms with Gasteiger partial charge in [-0.2, -0.15) is 0 Å². The molecular weight excluding hydrogens is 418 g/mol. The Hall–Kier alpha value is -1.11. The molecule has 0 N–H and O–H groups in total. The van der Waals surface area contributed by atoms with Crippen LogP contribution in [0.3, 0.4) is 0 Å². The van der Waals surface area contributed by atoms with E-state index < -0.39 is 0 Å². The Morgan fingerprint density at radius 2 is 2.14 bits per heavy atom. The van der Waals surface area contributed by atoms with Crippen molar-refractivity contribution in [2.75, 3.05) is 7.11 Å². The van der Waals surface area contributed by atoms with E-state index in [-0.39, 0.29) is 5.78 Å². The number of thiophene rings is 1. The Labute approximate surface area is 142 Å². The minimum atomic E-state index is 0.0733. The van der Waals surface area contributed by atoms with Crippen molar-refractivity contribution in [2.24, 2.45) is 0 Å². The van der Waals surface area contributed by atoms with E-state index in [1.54, 1.807) is 7.11 Å². The van der Waals surface area contributed by atoms with Crippen molar-refractivity contribution < 1.29 is 9.53 Å². The molecule has 0 spiro atoms. The van der Waals surface area contributed by atoms with Gasteiger partial charge in [-0.3, -0.25) is 4.79 Å². The number of aromatic nitrogens is 1. The van der Waals surface area contributed by atoms with Crippen LogP contribution >= 0.6 is 43.2 Å². The van der Waals surface area contributed by atoms with E-state index in [9.17, 15) is 4.79 Å². The van der Waals surface area contributed by atoms with Crippen LogP contribution in [0.2, 0.25) is 0 Å². The third-order valence-corrected chi connectivity index (χ3v) is 5.60. The Bertz CT molecular complexity index is 822. The highest BCUT2D eigenvalue weighted by molar-refractivity contribution is 9.12. The maximum absolute atomic E-state index is 12.4. The highest BCUT2D eigenvalue weighted by Crippen LogP contribution is 2.33. The highest BCUT2D eigenvalue weighted by atomic mass is 79.9. The minimum absolute atomic E-state index is 0.0733. The number of hydrogen-bond acceptors (Lipinski definition) is 3. The van der Waals surface area contributed by atoms with Crippen molar-refractivity contribution in [1.29, 1.82) is 0 Å². The largest absolute Gasteiger partial charge is 0.496 e. The Kier molecular flexibility index (Phi) is 4.19. The lowest BCUT2D eigenvalue weighted by molar-refractivity contribution is 0.0973. The van der Waals surface area contributed by atoms with Gasteiger partial charge in [0.1, 0.15) is 5.75 Å². The van der Waals surface area contributed by atoms with Gasteiger partial charge < -0.3 is 9.30 Å². The number of rotatable bonds is 4. The molecule has 2 heterocycles. The zero-order chi connectivity index (χ0) is 15.0. The number of fused-ring (bicyclic) bond motifs is 1. The van der Waals surface area contributed by atoms with Crippen LogP contribution in [0.15, 0.2) is 44.1 Å². The summed E-state index contributed by atoms with van der Waals surface area (Å²) in [6, 6.07) is 9.66. The summed E-state index contributed by atoms with van der Waals surface area (Å²) < 4.78 is 9.08. The van der Waals surface area contributed by atoms with Gasteiger partial charge in [-0.05, 0) is 56.1 Å². The summed E-state index contributed by atoms with van der Waals surface area (Å²) in [5, 5.41) is 1.01. The van der Waals surface area contributed by atoms with Gasteiger partial charge in [-0.25, -0.2) is 0 Å². The normalized spacial score (nSPS) is 11.0. The van der Waals surface area contributed by atoms with Gasteiger partial charge in [-0.1, -0.05) is 6.07 Å². The molecule has 108 valence electrons. The summed E-state index contributed by atoms with van der Waals surface area (Å²) in [5.74, 6) is 0.891. The number of nitrogens with zero attached hydrogens (tertiary/aromatic N) is 1. The molecule has 0 aliphatic rings. The molecule has 0 radical (unpaired) electrons. The van der Waals surface area contributed by atoms with Crippen molar-refractivity contribution in [3.63, 3.8) is 0 Å². The number of methoxy groups -OCH3 is 1. The first-order chi connectivity index (χ1) is 10.1. The first kappa shape index (κ1) is 14.8. The average molecular weight is 429 g/mol. The van der Waals surface area contributed by atoms with Crippen LogP contribution in [0.5, 0.6) is 5.75 Å².